The molecule has 0 aliphatic heterocycles. The molecule has 0 fully saturated rings. The predicted octanol–water partition coefficient (Wildman–Crippen LogP) is 1.03. The lowest BCUT2D eigenvalue weighted by molar-refractivity contribution is -0.138. The van der Waals surface area contributed by atoms with Gasteiger partial charge < -0.3 is 15.8 Å². The van der Waals surface area contributed by atoms with Crippen molar-refractivity contribution in [2.45, 2.75) is 12.5 Å². The van der Waals surface area contributed by atoms with Crippen LogP contribution in [0.1, 0.15) is 5.56 Å². The van der Waals surface area contributed by atoms with Crippen LogP contribution in [-0.4, -0.2) is 27.1 Å². The number of aromatic amines is 1. The summed E-state index contributed by atoms with van der Waals surface area (Å²) in [6.45, 7) is 0. The molecule has 0 aliphatic rings. The fraction of sp³-hybridized carbons (Fsp3) is 0.167. The van der Waals surface area contributed by atoms with Crippen molar-refractivity contribution in [2.24, 2.45) is 5.73 Å². The molecule has 5 nitrogen and oxygen atoms in total. The Morgan fingerprint density at radius 2 is 2.12 bits per heavy atom. The van der Waals surface area contributed by atoms with Crippen molar-refractivity contribution < 1.29 is 9.90 Å². The summed E-state index contributed by atoms with van der Waals surface area (Å²) < 4.78 is 0. The van der Waals surface area contributed by atoms with Gasteiger partial charge in [-0.15, -0.1) is 0 Å². The number of carboxylic acid groups (broad SMARTS) is 1. The van der Waals surface area contributed by atoms with Gasteiger partial charge in [-0.2, -0.15) is 0 Å². The maximum absolute atomic E-state index is 10.6. The average Bonchev–Trinajstić information content (AvgIpc) is 2.83. The summed E-state index contributed by atoms with van der Waals surface area (Å²) in [4.78, 5) is 17.6. The van der Waals surface area contributed by atoms with Gasteiger partial charge in [0.25, 0.3) is 0 Å². The van der Waals surface area contributed by atoms with Gasteiger partial charge in [0.1, 0.15) is 6.04 Å². The molecule has 0 saturated carbocycles. The number of nitrogens with two attached hydrogens (primary N) is 1. The Morgan fingerprint density at radius 3 is 2.65 bits per heavy atom. The number of rotatable bonds is 4. The molecular formula is C12H13N3O2. The quantitative estimate of drug-likeness (QED) is 0.732. The molecule has 5 heteroatoms. The Balaban J connectivity index is 2.11. The maximum Gasteiger partial charge on any atom is 0.320 e. The minimum Gasteiger partial charge on any atom is -0.480 e. The maximum atomic E-state index is 10.6. The normalized spacial score (nSPS) is 12.3. The van der Waals surface area contributed by atoms with E-state index in [2.05, 4.69) is 9.97 Å². The van der Waals surface area contributed by atoms with Gasteiger partial charge in [-0.1, -0.05) is 24.3 Å². The van der Waals surface area contributed by atoms with Crippen molar-refractivity contribution in [1.82, 2.24) is 9.97 Å². The number of aliphatic carboxylic acids is 1. The van der Waals surface area contributed by atoms with Gasteiger partial charge in [0.05, 0.1) is 18.2 Å². The topological polar surface area (TPSA) is 92.0 Å². The molecule has 88 valence electrons. The number of carbonyl (C=O) groups is 1. The van der Waals surface area contributed by atoms with Gasteiger partial charge in [0.2, 0.25) is 0 Å². The van der Waals surface area contributed by atoms with E-state index in [0.29, 0.717) is 6.42 Å². The summed E-state index contributed by atoms with van der Waals surface area (Å²) in [5, 5.41) is 8.71. The van der Waals surface area contributed by atoms with Gasteiger partial charge >= 0.3 is 5.97 Å². The lowest BCUT2D eigenvalue weighted by Crippen LogP contribution is -2.32. The Bertz CT molecular complexity index is 491. The first-order valence-corrected chi connectivity index (χ1v) is 5.23. The Morgan fingerprint density at radius 1 is 1.41 bits per heavy atom. The van der Waals surface area contributed by atoms with Gasteiger partial charge in [-0.25, -0.2) is 4.98 Å². The molecule has 0 amide bonds. The van der Waals surface area contributed by atoms with E-state index >= 15 is 0 Å². The van der Waals surface area contributed by atoms with Gasteiger partial charge in [-0.3, -0.25) is 4.79 Å². The smallest absolute Gasteiger partial charge is 0.320 e. The molecule has 0 spiro atoms. The number of nitrogens with zero attached hydrogens (tertiary/aromatic N) is 1. The molecule has 1 atom stereocenters. The van der Waals surface area contributed by atoms with E-state index in [0.717, 1.165) is 16.8 Å². The molecule has 2 aromatic rings. The zero-order valence-electron chi connectivity index (χ0n) is 9.13. The van der Waals surface area contributed by atoms with Crippen LogP contribution in [-0.2, 0) is 11.2 Å². The average molecular weight is 231 g/mol. The van der Waals surface area contributed by atoms with Crippen molar-refractivity contribution in [3.63, 3.8) is 0 Å². The first kappa shape index (κ1) is 11.3. The molecule has 0 unspecified atom stereocenters. The first-order valence-electron chi connectivity index (χ1n) is 5.23. The lowest BCUT2D eigenvalue weighted by atomic mass is 10.0. The van der Waals surface area contributed by atoms with Crippen LogP contribution in [0.15, 0.2) is 36.8 Å². The molecular weight excluding hydrogens is 218 g/mol. The van der Waals surface area contributed by atoms with Crippen LogP contribution in [0.2, 0.25) is 0 Å². The number of H-pyrrole nitrogens is 1. The van der Waals surface area contributed by atoms with Crippen LogP contribution in [0, 0.1) is 0 Å². The number of hydrogen-bond donors (Lipinski definition) is 3. The third-order valence-electron chi connectivity index (χ3n) is 2.54. The summed E-state index contributed by atoms with van der Waals surface area (Å²) in [5.41, 5.74) is 8.31. The third kappa shape index (κ3) is 2.70. The summed E-state index contributed by atoms with van der Waals surface area (Å²) in [6, 6.07) is 6.72. The fourth-order valence-electron chi connectivity index (χ4n) is 1.58. The Kier molecular flexibility index (Phi) is 3.20. The van der Waals surface area contributed by atoms with E-state index in [1.54, 1.807) is 12.5 Å². The second-order valence-corrected chi connectivity index (χ2v) is 3.81. The van der Waals surface area contributed by atoms with Crippen LogP contribution < -0.4 is 5.73 Å². The number of imidazole rings is 1. The molecule has 17 heavy (non-hydrogen) atoms. The van der Waals surface area contributed by atoms with E-state index in [-0.39, 0.29) is 0 Å². The van der Waals surface area contributed by atoms with Crippen molar-refractivity contribution >= 4 is 5.97 Å². The van der Waals surface area contributed by atoms with E-state index < -0.39 is 12.0 Å². The zero-order chi connectivity index (χ0) is 12.3. The van der Waals surface area contributed by atoms with Crippen LogP contribution in [0.4, 0.5) is 0 Å². The van der Waals surface area contributed by atoms with Crippen LogP contribution in [0.25, 0.3) is 11.3 Å². The highest BCUT2D eigenvalue weighted by atomic mass is 16.4. The van der Waals surface area contributed by atoms with Crippen LogP contribution in [0.3, 0.4) is 0 Å². The number of benzene rings is 1. The minimum absolute atomic E-state index is 0.332. The number of nitrogens with one attached hydrogen (secondary N) is 1. The molecule has 4 N–H and O–H groups in total. The summed E-state index contributed by atoms with van der Waals surface area (Å²) in [6.07, 6.45) is 3.68. The number of hydrogen-bond acceptors (Lipinski definition) is 3. The summed E-state index contributed by atoms with van der Waals surface area (Å²) >= 11 is 0. The van der Waals surface area contributed by atoms with Crippen molar-refractivity contribution in [1.29, 1.82) is 0 Å². The fourth-order valence-corrected chi connectivity index (χ4v) is 1.58. The van der Waals surface area contributed by atoms with E-state index in [1.807, 2.05) is 24.3 Å². The lowest BCUT2D eigenvalue weighted by Gasteiger charge is -2.06. The third-order valence-corrected chi connectivity index (χ3v) is 2.54. The standard InChI is InChI=1S/C12H13N3O2/c13-10(12(16)17)5-8-1-3-9(4-2-8)11-6-14-7-15-11/h1-4,6-7,10H,5,13H2,(H,14,15)(H,16,17)/t10-/m0/s1. The molecule has 1 heterocycles. The van der Waals surface area contributed by atoms with E-state index in [1.165, 1.54) is 0 Å². The minimum atomic E-state index is -0.984. The van der Waals surface area contributed by atoms with Gasteiger partial charge in [-0.05, 0) is 17.5 Å². The van der Waals surface area contributed by atoms with E-state index in [9.17, 15) is 4.79 Å². The Labute approximate surface area is 98.3 Å². The van der Waals surface area contributed by atoms with Crippen LogP contribution >= 0.6 is 0 Å². The van der Waals surface area contributed by atoms with Crippen LogP contribution in [0.5, 0.6) is 0 Å². The summed E-state index contributed by atoms with van der Waals surface area (Å²) in [5.74, 6) is -0.984. The summed E-state index contributed by atoms with van der Waals surface area (Å²) in [7, 11) is 0. The monoisotopic (exact) mass is 231 g/mol. The molecule has 0 aliphatic carbocycles. The van der Waals surface area contributed by atoms with Gasteiger partial charge in [0, 0.05) is 0 Å². The van der Waals surface area contributed by atoms with Gasteiger partial charge in [0.15, 0.2) is 0 Å². The SMILES string of the molecule is N[C@@H](Cc1ccc(-c2cnc[nH]2)cc1)C(=O)O. The molecule has 0 radical (unpaired) electrons. The second-order valence-electron chi connectivity index (χ2n) is 3.81. The van der Waals surface area contributed by atoms with Crippen molar-refractivity contribution in [3.8, 4) is 11.3 Å². The molecule has 0 saturated heterocycles. The van der Waals surface area contributed by atoms with Crippen molar-refractivity contribution in [3.05, 3.63) is 42.4 Å². The molecule has 1 aromatic heterocycles. The number of aromatic nitrogens is 2. The van der Waals surface area contributed by atoms with Crippen molar-refractivity contribution in [2.75, 3.05) is 0 Å². The highest BCUT2D eigenvalue weighted by Crippen LogP contribution is 2.16. The molecule has 2 rings (SSSR count). The number of carboxylic acids is 1. The zero-order valence-corrected chi connectivity index (χ0v) is 9.13. The highest BCUT2D eigenvalue weighted by Gasteiger charge is 2.11. The Hall–Kier alpha value is -2.14. The molecule has 0 bridgehead atoms. The second kappa shape index (κ2) is 4.80. The first-order chi connectivity index (χ1) is 8.16. The highest BCUT2D eigenvalue weighted by molar-refractivity contribution is 5.73. The predicted molar refractivity (Wildman–Crippen MR) is 63.3 cm³/mol. The van der Waals surface area contributed by atoms with E-state index in [4.69, 9.17) is 10.8 Å². The largest absolute Gasteiger partial charge is 0.480 e. The molecule has 1 aromatic carbocycles.